The summed E-state index contributed by atoms with van der Waals surface area (Å²) in [6, 6.07) is 0. The van der Waals surface area contributed by atoms with Crippen LogP contribution in [0.2, 0.25) is 0 Å². The van der Waals surface area contributed by atoms with Crippen molar-refractivity contribution in [3.8, 4) is 0 Å². The van der Waals surface area contributed by atoms with Crippen LogP contribution in [0.5, 0.6) is 0 Å². The molecule has 0 saturated carbocycles. The van der Waals surface area contributed by atoms with Crippen LogP contribution in [0.4, 0.5) is 0 Å². The molecule has 0 atom stereocenters. The van der Waals surface area contributed by atoms with Gasteiger partial charge in [-0.1, -0.05) is 11.7 Å². The number of hydrogen-bond donors (Lipinski definition) is 1. The third-order valence-electron chi connectivity index (χ3n) is 1.57. The van der Waals surface area contributed by atoms with E-state index >= 15 is 0 Å². The summed E-state index contributed by atoms with van der Waals surface area (Å²) in [6.07, 6.45) is 0. The van der Waals surface area contributed by atoms with Gasteiger partial charge in [-0.2, -0.15) is 0 Å². The summed E-state index contributed by atoms with van der Waals surface area (Å²) in [5, 5.41) is 0. The van der Waals surface area contributed by atoms with Gasteiger partial charge in [0.25, 0.3) is 0 Å². The van der Waals surface area contributed by atoms with Gasteiger partial charge in [-0.05, 0) is 101 Å². The summed E-state index contributed by atoms with van der Waals surface area (Å²) in [4.78, 5) is 0. The Morgan fingerprint density at radius 2 is 0.396 bits per heavy atom. The minimum absolute atomic E-state index is 1.46. The predicted molar refractivity (Wildman–Crippen MR) is 395 cm³/mol. The lowest BCUT2D eigenvalue weighted by atomic mass is 11.8. The molecule has 1 nitrogen and oxygen atoms in total. The predicted octanol–water partition coefficient (Wildman–Crippen LogP) is 30.9. The van der Waals surface area contributed by atoms with Crippen molar-refractivity contribution in [2.75, 3.05) is 7.11 Å². The van der Waals surface area contributed by atoms with Gasteiger partial charge in [-0.3, -0.25) is 0 Å². The monoisotopic (exact) mass is 1660 g/mol. The van der Waals surface area contributed by atoms with Gasteiger partial charge in [0.15, 0.2) is 0 Å². The molecule has 320 valence electrons. The van der Waals surface area contributed by atoms with E-state index in [0.717, 1.165) is 0 Å². The molecule has 0 aromatic heterocycles. The lowest BCUT2D eigenvalue weighted by molar-refractivity contribution is 0.491. The van der Waals surface area contributed by atoms with Gasteiger partial charge >= 0.3 is 0 Å². The van der Waals surface area contributed by atoms with E-state index in [9.17, 15) is 0 Å². The first-order valence-electron chi connectivity index (χ1n) is 8.92. The van der Waals surface area contributed by atoms with E-state index < -0.39 is 6.46 Å². The topological polar surface area (TPSA) is 9.23 Å². The summed E-state index contributed by atoms with van der Waals surface area (Å²) in [5.74, 6) is 0. The third kappa shape index (κ3) is 65.6. The Labute approximate surface area is 499 Å². The summed E-state index contributed by atoms with van der Waals surface area (Å²) in [6.45, 7) is -1.80. The Morgan fingerprint density at radius 3 is 0.528 bits per heavy atom. The highest BCUT2D eigenvalue weighted by atomic mass is 34.1. The van der Waals surface area contributed by atoms with E-state index in [0.29, 0.717) is 0 Å². The van der Waals surface area contributed by atoms with Crippen molar-refractivity contribution in [3.63, 3.8) is 0 Å². The molecule has 53 heavy (non-hydrogen) atoms. The maximum atomic E-state index is 5.16. The first kappa shape index (κ1) is 70.5. The molecule has 0 fully saturated rings. The van der Waals surface area contributed by atoms with E-state index in [2.05, 4.69) is 11.7 Å². The highest BCUT2D eigenvalue weighted by Crippen LogP contribution is 2.69. The summed E-state index contributed by atoms with van der Waals surface area (Å²) in [7, 11) is 85.4. The zero-order valence-electron chi connectivity index (χ0n) is 22.3. The zero-order valence-corrected chi connectivity index (χ0v) is 64.0. The quantitative estimate of drug-likeness (QED) is 0.0352. The van der Waals surface area contributed by atoms with Crippen molar-refractivity contribution in [1.29, 1.82) is 0 Å². The second-order valence-corrected chi connectivity index (χ2v) is 94.4. The normalized spacial score (nSPS) is 12.0. The Balaban J connectivity index is 3.08. The second-order valence-electron chi connectivity index (χ2n) is 3.78. The molecule has 0 aliphatic heterocycles. The molecule has 0 aromatic rings. The van der Waals surface area contributed by atoms with E-state index in [1.165, 1.54) is 19.7 Å². The maximum Gasteiger partial charge on any atom is 0.0817 e. The fourth-order valence-electron chi connectivity index (χ4n) is 0.573. The lowest BCUT2D eigenvalue weighted by Crippen LogP contribution is -1.87. The minimum atomic E-state index is -1.80. The highest BCUT2D eigenvalue weighted by molar-refractivity contribution is 9.63. The third-order valence-corrected chi connectivity index (χ3v) is 111. The molecule has 0 heterocycles. The Kier molecular flexibility index (Phi) is 85.0. The van der Waals surface area contributed by atoms with Crippen molar-refractivity contribution in [2.45, 2.75) is 0 Å². The van der Waals surface area contributed by atoms with Crippen molar-refractivity contribution >= 4 is 502 Å². The van der Waals surface area contributed by atoms with Crippen LogP contribution in [0, 0.1) is 0 Å². The molecule has 0 rings (SSSR count). The average molecular weight is 1670 g/mol. The van der Waals surface area contributed by atoms with Gasteiger partial charge in [0.05, 0.1) is 13.6 Å². The smallest absolute Gasteiger partial charge is 0.0817 e. The van der Waals surface area contributed by atoms with Crippen LogP contribution in [0.15, 0.2) is 0 Å². The van der Waals surface area contributed by atoms with E-state index in [4.69, 9.17) is 26.6 Å². The van der Waals surface area contributed by atoms with Crippen molar-refractivity contribution in [3.05, 3.63) is 0 Å². The van der Waals surface area contributed by atoms with Crippen LogP contribution in [-0.2, 0) is 33.0 Å². The average Bonchev–Trinajstić information content (AvgIpc) is 3.16. The molecule has 0 N–H and O–H groups in total. The molecule has 0 spiro atoms. The Hall–Kier alpha value is 17.5. The Morgan fingerprint density at radius 1 is 0.264 bits per heavy atom. The zero-order chi connectivity index (χ0) is 38.4. The van der Waals surface area contributed by atoms with E-state index in [1.807, 2.05) is 295 Å². The van der Waals surface area contributed by atoms with Crippen LogP contribution >= 0.6 is 473 Å². The molecule has 0 amide bonds. The molecule has 0 aliphatic carbocycles. The van der Waals surface area contributed by atoms with Gasteiger partial charge in [-0.25, -0.2) is 0 Å². The van der Waals surface area contributed by atoms with Gasteiger partial charge in [-0.15, -0.1) is 0 Å². The second kappa shape index (κ2) is 63.8. The van der Waals surface area contributed by atoms with Crippen LogP contribution in [0.3, 0.4) is 0 Å². The summed E-state index contributed by atoms with van der Waals surface area (Å²) < 4.78 is 5.11. The first-order chi connectivity index (χ1) is 26.1. The highest BCUT2D eigenvalue weighted by Gasteiger charge is 2.05. The standard InChI is InChI=1S/CH4OS51/c1-2-53(4,5)52-51-50-49-48-47-46-45-44-43-42-41-40-39-38-37-36-35-34-33-32-31-30-29-28-27-26-25-24-23-22-21-20-19-18-17-16-15-14-13-12-11-10-9-8-7-6-3/h3H,1H3. The van der Waals surface area contributed by atoms with Crippen molar-refractivity contribution < 1.29 is 4.18 Å². The number of rotatable bonds is 48. The summed E-state index contributed by atoms with van der Waals surface area (Å²) in [5.41, 5.74) is 0. The maximum absolute atomic E-state index is 5.16. The van der Waals surface area contributed by atoms with Crippen LogP contribution in [0.25, 0.3) is 0 Å². The van der Waals surface area contributed by atoms with Crippen LogP contribution in [-0.4, -0.2) is 7.11 Å². The largest absolute Gasteiger partial charge is 0.305 e. The lowest BCUT2D eigenvalue weighted by Gasteiger charge is -2.03. The van der Waals surface area contributed by atoms with Crippen molar-refractivity contribution in [2.24, 2.45) is 0 Å². The number of hydrogen-bond acceptors (Lipinski definition) is 51. The Bertz CT molecular complexity index is 741. The molecular formula is CH4OS51. The molecule has 0 unspecified atom stereocenters. The van der Waals surface area contributed by atoms with Gasteiger partial charge in [0.1, 0.15) is 0 Å². The fourth-order valence-corrected chi connectivity index (χ4v) is 131. The fraction of sp³-hybridized carbons (Fsp3) is 1.00. The van der Waals surface area contributed by atoms with Gasteiger partial charge in [0.2, 0.25) is 0 Å². The minimum Gasteiger partial charge on any atom is -0.305 e. The van der Waals surface area contributed by atoms with E-state index in [1.54, 1.807) is 154 Å². The molecule has 52 heteroatoms. The molecule has 0 aromatic carbocycles. The van der Waals surface area contributed by atoms with E-state index in [-0.39, 0.29) is 0 Å². The summed E-state index contributed by atoms with van der Waals surface area (Å²) >= 11 is 14.4. The number of thiol groups is 1. The SMILES string of the molecule is COS(=S)(=S)SSSSSSSSSSSSSSSSSSSSSSSSSSSSSSSSSSSSSSSSSSSSSSSS. The van der Waals surface area contributed by atoms with Crippen LogP contribution in [0.1, 0.15) is 0 Å². The van der Waals surface area contributed by atoms with Crippen molar-refractivity contribution in [1.82, 2.24) is 0 Å². The molecule has 0 aliphatic rings. The molecule has 0 radical (unpaired) electrons. The first-order valence-corrected chi connectivity index (χ1v) is 76.1. The van der Waals surface area contributed by atoms with Gasteiger partial charge in [0, 0.05) is 383 Å². The molecular weight excluding hydrogens is 1660 g/mol. The molecule has 0 bridgehead atoms. The van der Waals surface area contributed by atoms with Crippen LogP contribution < -0.4 is 0 Å². The molecule has 0 saturated heterocycles. The van der Waals surface area contributed by atoms with Gasteiger partial charge < -0.3 is 4.18 Å².